The lowest BCUT2D eigenvalue weighted by atomic mass is 10.1. The third-order valence-corrected chi connectivity index (χ3v) is 5.35. The highest BCUT2D eigenvalue weighted by atomic mass is 16.5. The SMILES string of the molecule is Cc1nn(C)c2nc(-c3ccco3)cc(C(=O)Nc3ccc(N4CCOCC4)cn3)c12. The van der Waals surface area contributed by atoms with Crippen molar-refractivity contribution in [3.63, 3.8) is 0 Å². The van der Waals surface area contributed by atoms with Crippen LogP contribution in [0.1, 0.15) is 16.1 Å². The molecule has 5 heterocycles. The minimum absolute atomic E-state index is 0.275. The van der Waals surface area contributed by atoms with Crippen molar-refractivity contribution in [2.24, 2.45) is 7.05 Å². The van der Waals surface area contributed by atoms with Crippen molar-refractivity contribution < 1.29 is 13.9 Å². The fourth-order valence-corrected chi connectivity index (χ4v) is 3.83. The lowest BCUT2D eigenvalue weighted by Gasteiger charge is -2.28. The number of fused-ring (bicyclic) bond motifs is 1. The van der Waals surface area contributed by atoms with E-state index in [-0.39, 0.29) is 5.91 Å². The average Bonchev–Trinajstić information content (AvgIpc) is 3.43. The van der Waals surface area contributed by atoms with E-state index in [2.05, 4.69) is 25.3 Å². The third kappa shape index (κ3) is 3.64. The number of pyridine rings is 2. The molecular formula is C22H22N6O3. The van der Waals surface area contributed by atoms with Crippen molar-refractivity contribution in [1.82, 2.24) is 19.7 Å². The summed E-state index contributed by atoms with van der Waals surface area (Å²) in [5.74, 6) is 0.791. The van der Waals surface area contributed by atoms with Crippen LogP contribution in [0.3, 0.4) is 0 Å². The molecule has 4 aromatic heterocycles. The normalized spacial score (nSPS) is 14.2. The van der Waals surface area contributed by atoms with Gasteiger partial charge in [-0.05, 0) is 37.3 Å². The van der Waals surface area contributed by atoms with Crippen LogP contribution in [0, 0.1) is 6.92 Å². The number of ether oxygens (including phenoxy) is 1. The Morgan fingerprint density at radius 3 is 2.74 bits per heavy atom. The molecule has 0 saturated carbocycles. The van der Waals surface area contributed by atoms with Crippen molar-refractivity contribution in [3.05, 3.63) is 54.0 Å². The molecule has 1 aliphatic rings. The monoisotopic (exact) mass is 418 g/mol. The van der Waals surface area contributed by atoms with E-state index in [1.54, 1.807) is 29.3 Å². The lowest BCUT2D eigenvalue weighted by Crippen LogP contribution is -2.36. The molecule has 4 aromatic rings. The highest BCUT2D eigenvalue weighted by Crippen LogP contribution is 2.28. The smallest absolute Gasteiger partial charge is 0.257 e. The van der Waals surface area contributed by atoms with Crippen LogP contribution in [0.5, 0.6) is 0 Å². The molecule has 9 heteroatoms. The number of aryl methyl sites for hydroxylation is 2. The number of anilines is 2. The van der Waals surface area contributed by atoms with Gasteiger partial charge in [0.25, 0.3) is 5.91 Å². The first-order chi connectivity index (χ1) is 15.1. The Morgan fingerprint density at radius 2 is 2.03 bits per heavy atom. The van der Waals surface area contributed by atoms with Crippen LogP contribution >= 0.6 is 0 Å². The van der Waals surface area contributed by atoms with E-state index in [0.29, 0.717) is 47.1 Å². The Labute approximate surface area is 178 Å². The maximum atomic E-state index is 13.2. The number of amides is 1. The predicted octanol–water partition coefficient (Wildman–Crippen LogP) is 3.02. The first-order valence-corrected chi connectivity index (χ1v) is 10.1. The number of morpholine rings is 1. The highest BCUT2D eigenvalue weighted by Gasteiger charge is 2.20. The van der Waals surface area contributed by atoms with E-state index in [4.69, 9.17) is 9.15 Å². The Bertz CT molecular complexity index is 1220. The summed E-state index contributed by atoms with van der Waals surface area (Å²) >= 11 is 0. The molecule has 1 aliphatic heterocycles. The van der Waals surface area contributed by atoms with Crippen LogP contribution in [0.25, 0.3) is 22.5 Å². The van der Waals surface area contributed by atoms with Gasteiger partial charge in [-0.15, -0.1) is 0 Å². The van der Waals surface area contributed by atoms with Gasteiger partial charge in [0, 0.05) is 20.1 Å². The number of hydrogen-bond acceptors (Lipinski definition) is 7. The zero-order valence-corrected chi connectivity index (χ0v) is 17.3. The lowest BCUT2D eigenvalue weighted by molar-refractivity contribution is 0.102. The quantitative estimate of drug-likeness (QED) is 0.544. The molecule has 5 rings (SSSR count). The molecule has 0 radical (unpaired) electrons. The summed E-state index contributed by atoms with van der Waals surface area (Å²) in [5, 5.41) is 8.05. The summed E-state index contributed by atoms with van der Waals surface area (Å²) in [6.45, 7) is 4.94. The zero-order chi connectivity index (χ0) is 21.4. The summed E-state index contributed by atoms with van der Waals surface area (Å²) in [5.41, 5.74) is 3.40. The molecule has 1 amide bonds. The molecule has 1 fully saturated rings. The maximum absolute atomic E-state index is 13.2. The molecule has 158 valence electrons. The van der Waals surface area contributed by atoms with Gasteiger partial charge in [-0.2, -0.15) is 5.10 Å². The number of furan rings is 1. The second kappa shape index (κ2) is 7.84. The van der Waals surface area contributed by atoms with E-state index < -0.39 is 0 Å². The highest BCUT2D eigenvalue weighted by molar-refractivity contribution is 6.13. The van der Waals surface area contributed by atoms with E-state index in [1.165, 1.54) is 0 Å². The van der Waals surface area contributed by atoms with Crippen LogP contribution in [-0.4, -0.2) is 52.0 Å². The second-order valence-electron chi connectivity index (χ2n) is 7.40. The van der Waals surface area contributed by atoms with Crippen LogP contribution in [-0.2, 0) is 11.8 Å². The predicted molar refractivity (Wildman–Crippen MR) is 116 cm³/mol. The van der Waals surface area contributed by atoms with Gasteiger partial charge < -0.3 is 19.4 Å². The van der Waals surface area contributed by atoms with Gasteiger partial charge in [0.2, 0.25) is 0 Å². The van der Waals surface area contributed by atoms with Crippen LogP contribution in [0.4, 0.5) is 11.5 Å². The number of aromatic nitrogens is 4. The molecule has 31 heavy (non-hydrogen) atoms. The summed E-state index contributed by atoms with van der Waals surface area (Å²) in [4.78, 5) is 24.5. The van der Waals surface area contributed by atoms with Crippen LogP contribution in [0.15, 0.2) is 47.2 Å². The van der Waals surface area contributed by atoms with Gasteiger partial charge in [-0.25, -0.2) is 9.97 Å². The van der Waals surface area contributed by atoms with Crippen molar-refractivity contribution >= 4 is 28.4 Å². The summed E-state index contributed by atoms with van der Waals surface area (Å²) in [6.07, 6.45) is 3.35. The Balaban J connectivity index is 1.46. The van der Waals surface area contributed by atoms with Crippen molar-refractivity contribution in [2.75, 3.05) is 36.5 Å². The standard InChI is InChI=1S/C22H22N6O3/c1-14-20-16(12-17(18-4-3-9-31-18)24-21(20)27(2)26-14)22(29)25-19-6-5-15(13-23-19)28-7-10-30-11-8-28/h3-6,9,12-13H,7-8,10-11H2,1-2H3,(H,23,25,29). The summed E-state index contributed by atoms with van der Waals surface area (Å²) in [7, 11) is 1.81. The Hall–Kier alpha value is -3.72. The minimum Gasteiger partial charge on any atom is -0.463 e. The molecule has 0 bridgehead atoms. The molecular weight excluding hydrogens is 396 g/mol. The fourth-order valence-electron chi connectivity index (χ4n) is 3.83. The first-order valence-electron chi connectivity index (χ1n) is 10.1. The average molecular weight is 418 g/mol. The van der Waals surface area contributed by atoms with Gasteiger partial charge >= 0.3 is 0 Å². The summed E-state index contributed by atoms with van der Waals surface area (Å²) < 4.78 is 12.6. The van der Waals surface area contributed by atoms with Crippen molar-refractivity contribution in [2.45, 2.75) is 6.92 Å². The van der Waals surface area contributed by atoms with Crippen molar-refractivity contribution in [3.8, 4) is 11.5 Å². The van der Waals surface area contributed by atoms with E-state index in [9.17, 15) is 4.79 Å². The number of rotatable bonds is 4. The molecule has 0 spiro atoms. The molecule has 1 saturated heterocycles. The van der Waals surface area contributed by atoms with Gasteiger partial charge in [0.15, 0.2) is 11.4 Å². The van der Waals surface area contributed by atoms with Gasteiger partial charge in [0.1, 0.15) is 11.5 Å². The van der Waals surface area contributed by atoms with Crippen molar-refractivity contribution in [1.29, 1.82) is 0 Å². The first kappa shape index (κ1) is 19.3. The van der Waals surface area contributed by atoms with E-state index in [0.717, 1.165) is 24.5 Å². The Morgan fingerprint density at radius 1 is 1.19 bits per heavy atom. The van der Waals surface area contributed by atoms with Gasteiger partial charge in [0.05, 0.1) is 48.0 Å². The molecule has 9 nitrogen and oxygen atoms in total. The van der Waals surface area contributed by atoms with E-state index in [1.807, 2.05) is 32.2 Å². The molecule has 0 aromatic carbocycles. The number of hydrogen-bond donors (Lipinski definition) is 1. The van der Waals surface area contributed by atoms with E-state index >= 15 is 0 Å². The second-order valence-corrected chi connectivity index (χ2v) is 7.40. The third-order valence-electron chi connectivity index (χ3n) is 5.35. The number of carbonyl (C=O) groups is 1. The molecule has 0 unspecified atom stereocenters. The largest absolute Gasteiger partial charge is 0.463 e. The molecule has 0 aliphatic carbocycles. The Kier molecular flexibility index (Phi) is 4.87. The molecule has 1 N–H and O–H groups in total. The minimum atomic E-state index is -0.275. The van der Waals surface area contributed by atoms with Gasteiger partial charge in [-0.3, -0.25) is 9.48 Å². The topological polar surface area (TPSA) is 98.3 Å². The van der Waals surface area contributed by atoms with Gasteiger partial charge in [-0.1, -0.05) is 0 Å². The fraction of sp³-hybridized carbons (Fsp3) is 0.273. The van der Waals surface area contributed by atoms with Crippen LogP contribution in [0.2, 0.25) is 0 Å². The number of nitrogens with one attached hydrogen (secondary N) is 1. The number of nitrogens with zero attached hydrogens (tertiary/aromatic N) is 5. The maximum Gasteiger partial charge on any atom is 0.257 e. The molecule has 0 atom stereocenters. The van der Waals surface area contributed by atoms with Crippen LogP contribution < -0.4 is 10.2 Å². The number of carbonyl (C=O) groups excluding carboxylic acids is 1. The zero-order valence-electron chi connectivity index (χ0n) is 17.3. The summed E-state index contributed by atoms with van der Waals surface area (Å²) in [6, 6.07) is 9.10.